The van der Waals surface area contributed by atoms with Crippen molar-refractivity contribution >= 4 is 17.5 Å². The minimum absolute atomic E-state index is 0.0523. The van der Waals surface area contributed by atoms with Crippen molar-refractivity contribution in [2.45, 2.75) is 45.6 Å². The quantitative estimate of drug-likeness (QED) is 0.847. The van der Waals surface area contributed by atoms with Crippen molar-refractivity contribution in [1.29, 1.82) is 0 Å². The zero-order valence-corrected chi connectivity index (χ0v) is 14.0. The highest BCUT2D eigenvalue weighted by Crippen LogP contribution is 2.27. The van der Waals surface area contributed by atoms with Gasteiger partial charge in [0.1, 0.15) is 0 Å². The van der Waals surface area contributed by atoms with Gasteiger partial charge < -0.3 is 16.0 Å². The van der Waals surface area contributed by atoms with E-state index >= 15 is 0 Å². The molecule has 0 spiro atoms. The first-order chi connectivity index (χ1) is 11.1. The second kappa shape index (κ2) is 8.11. The van der Waals surface area contributed by atoms with Gasteiger partial charge in [0.2, 0.25) is 5.91 Å². The minimum Gasteiger partial charge on any atom is -0.339 e. The molecule has 0 saturated heterocycles. The van der Waals surface area contributed by atoms with Crippen LogP contribution < -0.4 is 11.1 Å². The van der Waals surface area contributed by atoms with Gasteiger partial charge >= 0.3 is 0 Å². The maximum absolute atomic E-state index is 12.6. The Labute approximate surface area is 138 Å². The zero-order valence-electron chi connectivity index (χ0n) is 14.0. The number of rotatable bonds is 6. The monoisotopic (exact) mass is 317 g/mol. The summed E-state index contributed by atoms with van der Waals surface area (Å²) in [5.74, 6) is 0.135. The first-order valence-corrected chi connectivity index (χ1v) is 8.50. The fraction of sp³-hybridized carbons (Fsp3) is 0.556. The third-order valence-electron chi connectivity index (χ3n) is 4.65. The second-order valence-corrected chi connectivity index (χ2v) is 6.13. The van der Waals surface area contributed by atoms with Crippen molar-refractivity contribution in [1.82, 2.24) is 4.90 Å². The lowest BCUT2D eigenvalue weighted by molar-refractivity contribution is -0.117. The molecule has 1 aliphatic carbocycles. The van der Waals surface area contributed by atoms with E-state index in [1.807, 2.05) is 26.0 Å². The Kier molecular flexibility index (Phi) is 6.16. The van der Waals surface area contributed by atoms with E-state index in [9.17, 15) is 9.59 Å². The van der Waals surface area contributed by atoms with E-state index in [4.69, 9.17) is 5.73 Å². The normalized spacial score (nSPS) is 20.3. The minimum atomic E-state index is -0.0628. The van der Waals surface area contributed by atoms with Crippen molar-refractivity contribution in [2.75, 3.05) is 18.4 Å². The Morgan fingerprint density at radius 3 is 2.52 bits per heavy atom. The van der Waals surface area contributed by atoms with E-state index < -0.39 is 0 Å². The predicted molar refractivity (Wildman–Crippen MR) is 92.3 cm³/mol. The summed E-state index contributed by atoms with van der Waals surface area (Å²) < 4.78 is 0. The molecule has 0 unspecified atom stereocenters. The van der Waals surface area contributed by atoms with Crippen LogP contribution in [0, 0.1) is 5.92 Å². The number of amides is 2. The van der Waals surface area contributed by atoms with Crippen molar-refractivity contribution in [2.24, 2.45) is 11.7 Å². The van der Waals surface area contributed by atoms with E-state index in [0.717, 1.165) is 19.3 Å². The fourth-order valence-corrected chi connectivity index (χ4v) is 3.22. The molecule has 0 heterocycles. The summed E-state index contributed by atoms with van der Waals surface area (Å²) in [4.78, 5) is 26.6. The van der Waals surface area contributed by atoms with E-state index in [2.05, 4.69) is 5.32 Å². The lowest BCUT2D eigenvalue weighted by atomic mass is 9.99. The molecule has 1 aliphatic rings. The molecule has 2 amide bonds. The SMILES string of the molecule is CCN(CC)C(=O)c1ccccc1NC(=O)C[C@@H]1CCC[C@H]1N. The Hall–Kier alpha value is -1.88. The molecule has 3 N–H and O–H groups in total. The summed E-state index contributed by atoms with van der Waals surface area (Å²) in [6.45, 7) is 5.19. The van der Waals surface area contributed by atoms with Crippen LogP contribution in [0.3, 0.4) is 0 Å². The Bertz CT molecular complexity index is 555. The van der Waals surface area contributed by atoms with Gasteiger partial charge in [-0.1, -0.05) is 18.6 Å². The molecule has 1 saturated carbocycles. The van der Waals surface area contributed by atoms with Gasteiger partial charge in [0.15, 0.2) is 0 Å². The number of anilines is 1. The van der Waals surface area contributed by atoms with E-state index in [-0.39, 0.29) is 23.8 Å². The Morgan fingerprint density at radius 1 is 1.22 bits per heavy atom. The molecule has 5 nitrogen and oxygen atoms in total. The largest absolute Gasteiger partial charge is 0.339 e. The number of nitrogens with zero attached hydrogens (tertiary/aromatic N) is 1. The molecule has 0 radical (unpaired) electrons. The molecule has 0 aliphatic heterocycles. The smallest absolute Gasteiger partial charge is 0.255 e. The number of hydrogen-bond acceptors (Lipinski definition) is 3. The van der Waals surface area contributed by atoms with Gasteiger partial charge in [0.25, 0.3) is 5.91 Å². The van der Waals surface area contributed by atoms with Gasteiger partial charge in [-0.05, 0) is 44.7 Å². The highest BCUT2D eigenvalue weighted by Gasteiger charge is 2.26. The first-order valence-electron chi connectivity index (χ1n) is 8.50. The number of benzene rings is 1. The standard InChI is InChI=1S/C18H27N3O2/c1-3-21(4-2)18(23)14-9-5-6-11-16(14)20-17(22)12-13-8-7-10-15(13)19/h5-6,9,11,13,15H,3-4,7-8,10,12,19H2,1-2H3,(H,20,22)/t13-,15+/m0/s1. The number of para-hydroxylation sites is 1. The third kappa shape index (κ3) is 4.32. The van der Waals surface area contributed by atoms with E-state index in [1.165, 1.54) is 0 Å². The summed E-state index contributed by atoms with van der Waals surface area (Å²) in [7, 11) is 0. The Morgan fingerprint density at radius 2 is 1.91 bits per heavy atom. The molecule has 5 heteroatoms. The number of nitrogens with two attached hydrogens (primary N) is 1. The maximum atomic E-state index is 12.6. The maximum Gasteiger partial charge on any atom is 0.255 e. The lowest BCUT2D eigenvalue weighted by Gasteiger charge is -2.21. The molecule has 23 heavy (non-hydrogen) atoms. The van der Waals surface area contributed by atoms with Crippen LogP contribution in [0.4, 0.5) is 5.69 Å². The van der Waals surface area contributed by atoms with Crippen LogP contribution in [0.5, 0.6) is 0 Å². The average molecular weight is 317 g/mol. The van der Waals surface area contributed by atoms with Crippen molar-refractivity contribution in [3.8, 4) is 0 Å². The van der Waals surface area contributed by atoms with Gasteiger partial charge in [-0.3, -0.25) is 9.59 Å². The Balaban J connectivity index is 2.08. The molecule has 2 atom stereocenters. The van der Waals surface area contributed by atoms with Crippen LogP contribution in [0.25, 0.3) is 0 Å². The topological polar surface area (TPSA) is 75.4 Å². The van der Waals surface area contributed by atoms with E-state index in [0.29, 0.717) is 30.8 Å². The summed E-state index contributed by atoms with van der Waals surface area (Å²) in [5, 5.41) is 2.90. The highest BCUT2D eigenvalue weighted by molar-refractivity contribution is 6.03. The predicted octanol–water partition coefficient (Wildman–Crippen LogP) is 2.62. The number of hydrogen-bond donors (Lipinski definition) is 2. The fourth-order valence-electron chi connectivity index (χ4n) is 3.22. The van der Waals surface area contributed by atoms with Gasteiger partial charge in [0, 0.05) is 25.6 Å². The van der Waals surface area contributed by atoms with Gasteiger partial charge in [0.05, 0.1) is 11.3 Å². The average Bonchev–Trinajstić information content (AvgIpc) is 2.94. The van der Waals surface area contributed by atoms with Crippen LogP contribution >= 0.6 is 0 Å². The molecule has 1 fully saturated rings. The van der Waals surface area contributed by atoms with Crippen molar-refractivity contribution in [3.63, 3.8) is 0 Å². The second-order valence-electron chi connectivity index (χ2n) is 6.13. The summed E-state index contributed by atoms with van der Waals surface area (Å²) in [6, 6.07) is 7.31. The molecule has 0 aromatic heterocycles. The number of carbonyl (C=O) groups excluding carboxylic acids is 2. The van der Waals surface area contributed by atoms with Crippen molar-refractivity contribution < 1.29 is 9.59 Å². The van der Waals surface area contributed by atoms with Crippen LogP contribution in [0.15, 0.2) is 24.3 Å². The molecule has 0 bridgehead atoms. The third-order valence-corrected chi connectivity index (χ3v) is 4.65. The van der Waals surface area contributed by atoms with E-state index in [1.54, 1.807) is 17.0 Å². The highest BCUT2D eigenvalue weighted by atomic mass is 16.2. The molecular formula is C18H27N3O2. The molecule has 1 aromatic rings. The van der Waals surface area contributed by atoms with Gasteiger partial charge in [-0.25, -0.2) is 0 Å². The summed E-state index contributed by atoms with van der Waals surface area (Å²) in [5.41, 5.74) is 7.16. The summed E-state index contributed by atoms with van der Waals surface area (Å²) >= 11 is 0. The van der Waals surface area contributed by atoms with Crippen molar-refractivity contribution in [3.05, 3.63) is 29.8 Å². The van der Waals surface area contributed by atoms with Crippen LogP contribution in [-0.2, 0) is 4.79 Å². The van der Waals surface area contributed by atoms with Crippen LogP contribution in [0.1, 0.15) is 49.9 Å². The molecular weight excluding hydrogens is 290 g/mol. The lowest BCUT2D eigenvalue weighted by Crippen LogP contribution is -2.32. The molecule has 1 aromatic carbocycles. The van der Waals surface area contributed by atoms with Crippen LogP contribution in [-0.4, -0.2) is 35.8 Å². The molecule has 126 valence electrons. The summed E-state index contributed by atoms with van der Waals surface area (Å²) in [6.07, 6.45) is 3.52. The number of nitrogens with one attached hydrogen (secondary N) is 1. The van der Waals surface area contributed by atoms with Gasteiger partial charge in [-0.2, -0.15) is 0 Å². The zero-order chi connectivity index (χ0) is 16.8. The van der Waals surface area contributed by atoms with Gasteiger partial charge in [-0.15, -0.1) is 0 Å². The first kappa shape index (κ1) is 17.5. The van der Waals surface area contributed by atoms with Crippen LogP contribution in [0.2, 0.25) is 0 Å². The number of carbonyl (C=O) groups is 2. The molecule has 2 rings (SSSR count).